The van der Waals surface area contributed by atoms with Crippen LogP contribution in [0.25, 0.3) is 11.3 Å². The number of aromatic hydroxyl groups is 1. The van der Waals surface area contributed by atoms with Gasteiger partial charge in [0.15, 0.2) is 0 Å². The third kappa shape index (κ3) is 1.59. The maximum Gasteiger partial charge on any atom is 0.124 e. The quantitative estimate of drug-likeness (QED) is 0.695. The first-order valence-corrected chi connectivity index (χ1v) is 4.65. The van der Waals surface area contributed by atoms with Crippen molar-refractivity contribution in [3.05, 3.63) is 35.8 Å². The number of imidazole rings is 1. The number of aliphatic hydroxyl groups excluding tert-OH is 1. The van der Waals surface area contributed by atoms with E-state index in [9.17, 15) is 5.11 Å². The number of aromatic nitrogens is 2. The van der Waals surface area contributed by atoms with E-state index in [-0.39, 0.29) is 12.4 Å². The molecular weight excluding hydrogens is 192 g/mol. The first kappa shape index (κ1) is 9.73. The molecule has 0 aliphatic rings. The van der Waals surface area contributed by atoms with Crippen molar-refractivity contribution in [2.75, 3.05) is 0 Å². The molecule has 0 unspecified atom stereocenters. The molecule has 4 heteroatoms. The second-order valence-electron chi connectivity index (χ2n) is 3.37. The molecule has 4 nitrogen and oxygen atoms in total. The highest BCUT2D eigenvalue weighted by atomic mass is 16.3. The van der Waals surface area contributed by atoms with Crippen LogP contribution in [-0.4, -0.2) is 20.2 Å². The van der Waals surface area contributed by atoms with Crippen LogP contribution in [0, 0.1) is 6.92 Å². The van der Waals surface area contributed by atoms with Crippen LogP contribution in [0.1, 0.15) is 11.1 Å². The fourth-order valence-electron chi connectivity index (χ4n) is 1.58. The molecule has 0 spiro atoms. The number of hydrogen-bond donors (Lipinski definition) is 3. The molecule has 15 heavy (non-hydrogen) atoms. The van der Waals surface area contributed by atoms with Gasteiger partial charge in [0.2, 0.25) is 0 Å². The van der Waals surface area contributed by atoms with Crippen LogP contribution < -0.4 is 0 Å². The zero-order valence-electron chi connectivity index (χ0n) is 8.36. The number of H-pyrrole nitrogens is 1. The van der Waals surface area contributed by atoms with Crippen molar-refractivity contribution >= 4 is 0 Å². The lowest BCUT2D eigenvalue weighted by Crippen LogP contribution is -1.90. The van der Waals surface area contributed by atoms with Crippen LogP contribution in [-0.2, 0) is 6.61 Å². The summed E-state index contributed by atoms with van der Waals surface area (Å²) in [6.07, 6.45) is 3.28. The van der Waals surface area contributed by atoms with E-state index >= 15 is 0 Å². The molecule has 2 aromatic rings. The molecular formula is C11H12N2O2. The van der Waals surface area contributed by atoms with Crippen molar-refractivity contribution in [1.29, 1.82) is 0 Å². The molecule has 1 heterocycles. The van der Waals surface area contributed by atoms with Crippen LogP contribution >= 0.6 is 0 Å². The molecule has 0 aliphatic heterocycles. The van der Waals surface area contributed by atoms with Crippen LogP contribution in [0.4, 0.5) is 0 Å². The smallest absolute Gasteiger partial charge is 0.124 e. The first-order valence-electron chi connectivity index (χ1n) is 4.65. The predicted molar refractivity (Wildman–Crippen MR) is 56.3 cm³/mol. The molecule has 0 saturated heterocycles. The van der Waals surface area contributed by atoms with E-state index < -0.39 is 0 Å². The minimum atomic E-state index is -0.157. The molecule has 0 radical (unpaired) electrons. The summed E-state index contributed by atoms with van der Waals surface area (Å²) >= 11 is 0. The van der Waals surface area contributed by atoms with Crippen LogP contribution in [0.15, 0.2) is 24.7 Å². The molecule has 0 bridgehead atoms. The number of aliphatic hydroxyl groups is 1. The SMILES string of the molecule is Cc1c(-c2cnc[nH]2)ccc(CO)c1O. The van der Waals surface area contributed by atoms with Gasteiger partial charge in [-0.25, -0.2) is 4.98 Å². The second-order valence-corrected chi connectivity index (χ2v) is 3.37. The number of nitrogens with zero attached hydrogens (tertiary/aromatic N) is 1. The van der Waals surface area contributed by atoms with Gasteiger partial charge in [-0.1, -0.05) is 12.1 Å². The maximum atomic E-state index is 9.78. The average molecular weight is 204 g/mol. The van der Waals surface area contributed by atoms with Crippen molar-refractivity contribution in [1.82, 2.24) is 9.97 Å². The Labute approximate surface area is 87.2 Å². The Balaban J connectivity index is 2.56. The minimum absolute atomic E-state index is 0.143. The number of aromatic amines is 1. The molecule has 0 atom stereocenters. The zero-order valence-corrected chi connectivity index (χ0v) is 8.36. The van der Waals surface area contributed by atoms with E-state index in [4.69, 9.17) is 5.11 Å². The Hall–Kier alpha value is -1.81. The summed E-state index contributed by atoms with van der Waals surface area (Å²) in [6, 6.07) is 3.56. The Morgan fingerprint density at radius 2 is 2.20 bits per heavy atom. The monoisotopic (exact) mass is 204 g/mol. The van der Waals surface area contributed by atoms with Crippen molar-refractivity contribution in [3.8, 4) is 17.0 Å². The number of hydrogen-bond acceptors (Lipinski definition) is 3. The predicted octanol–water partition coefficient (Wildman–Crippen LogP) is 1.58. The minimum Gasteiger partial charge on any atom is -0.507 e. The van der Waals surface area contributed by atoms with Gasteiger partial charge in [-0.05, 0) is 6.92 Å². The van der Waals surface area contributed by atoms with E-state index in [0.29, 0.717) is 5.56 Å². The van der Waals surface area contributed by atoms with Gasteiger partial charge in [-0.2, -0.15) is 0 Å². The lowest BCUT2D eigenvalue weighted by atomic mass is 10.0. The normalized spacial score (nSPS) is 10.5. The van der Waals surface area contributed by atoms with Gasteiger partial charge < -0.3 is 15.2 Å². The topological polar surface area (TPSA) is 69.1 Å². The fraction of sp³-hybridized carbons (Fsp3) is 0.182. The number of benzene rings is 1. The average Bonchev–Trinajstić information content (AvgIpc) is 2.75. The van der Waals surface area contributed by atoms with E-state index in [1.54, 1.807) is 18.6 Å². The molecule has 78 valence electrons. The Bertz CT molecular complexity index is 464. The molecule has 0 aliphatic carbocycles. The summed E-state index contributed by atoms with van der Waals surface area (Å²) in [5.74, 6) is 0.143. The molecule has 3 N–H and O–H groups in total. The van der Waals surface area contributed by atoms with Crippen LogP contribution in [0.3, 0.4) is 0 Å². The van der Waals surface area contributed by atoms with Gasteiger partial charge in [0.05, 0.1) is 24.8 Å². The second kappa shape index (κ2) is 3.74. The highest BCUT2D eigenvalue weighted by molar-refractivity contribution is 5.67. The summed E-state index contributed by atoms with van der Waals surface area (Å²) in [5.41, 5.74) is 3.02. The van der Waals surface area contributed by atoms with Gasteiger partial charge in [-0.15, -0.1) is 0 Å². The lowest BCUT2D eigenvalue weighted by Gasteiger charge is -2.09. The summed E-state index contributed by atoms with van der Waals surface area (Å²) in [6.45, 7) is 1.65. The highest BCUT2D eigenvalue weighted by Crippen LogP contribution is 2.30. The highest BCUT2D eigenvalue weighted by Gasteiger charge is 2.10. The van der Waals surface area contributed by atoms with Gasteiger partial charge in [0.1, 0.15) is 5.75 Å². The van der Waals surface area contributed by atoms with Crippen molar-refractivity contribution in [2.45, 2.75) is 13.5 Å². The number of phenols is 1. The van der Waals surface area contributed by atoms with Gasteiger partial charge in [0.25, 0.3) is 0 Å². The standard InChI is InChI=1S/C11H12N2O2/c1-7-9(10-4-12-6-13-10)3-2-8(5-14)11(7)15/h2-4,6,14-15H,5H2,1H3,(H,12,13). The van der Waals surface area contributed by atoms with Crippen molar-refractivity contribution in [2.24, 2.45) is 0 Å². The fourth-order valence-corrected chi connectivity index (χ4v) is 1.58. The van der Waals surface area contributed by atoms with Crippen molar-refractivity contribution < 1.29 is 10.2 Å². The summed E-state index contributed by atoms with van der Waals surface area (Å²) in [4.78, 5) is 6.90. The Kier molecular flexibility index (Phi) is 2.43. The molecule has 0 fully saturated rings. The molecule has 0 saturated carbocycles. The van der Waals surface area contributed by atoms with Gasteiger partial charge >= 0.3 is 0 Å². The molecule has 2 rings (SSSR count). The first-order chi connectivity index (χ1) is 7.24. The zero-order chi connectivity index (χ0) is 10.8. The Morgan fingerprint density at radius 1 is 1.40 bits per heavy atom. The van der Waals surface area contributed by atoms with Gasteiger partial charge in [0, 0.05) is 16.7 Å². The number of nitrogens with one attached hydrogen (secondary N) is 1. The third-order valence-corrected chi connectivity index (χ3v) is 2.47. The van der Waals surface area contributed by atoms with Crippen LogP contribution in [0.2, 0.25) is 0 Å². The summed E-state index contributed by atoms with van der Waals surface area (Å²) in [5, 5.41) is 18.8. The molecule has 1 aromatic carbocycles. The van der Waals surface area contributed by atoms with E-state index in [0.717, 1.165) is 16.8 Å². The van der Waals surface area contributed by atoms with Crippen molar-refractivity contribution in [3.63, 3.8) is 0 Å². The summed E-state index contributed by atoms with van der Waals surface area (Å²) < 4.78 is 0. The third-order valence-electron chi connectivity index (χ3n) is 2.47. The largest absolute Gasteiger partial charge is 0.507 e. The van der Waals surface area contributed by atoms with Crippen LogP contribution in [0.5, 0.6) is 5.75 Å². The maximum absolute atomic E-state index is 9.78. The lowest BCUT2D eigenvalue weighted by molar-refractivity contribution is 0.275. The van der Waals surface area contributed by atoms with E-state index in [2.05, 4.69) is 9.97 Å². The van der Waals surface area contributed by atoms with E-state index in [1.165, 1.54) is 0 Å². The summed E-state index contributed by atoms with van der Waals surface area (Å²) in [7, 11) is 0. The number of rotatable bonds is 2. The molecule has 1 aromatic heterocycles. The Morgan fingerprint density at radius 3 is 2.80 bits per heavy atom. The molecule has 0 amide bonds. The van der Waals surface area contributed by atoms with E-state index in [1.807, 2.05) is 13.0 Å². The van der Waals surface area contributed by atoms with Gasteiger partial charge in [-0.3, -0.25) is 0 Å².